The van der Waals surface area contributed by atoms with Crippen molar-refractivity contribution in [2.75, 3.05) is 5.32 Å². The normalized spacial score (nSPS) is 16.1. The number of rotatable bonds is 2. The van der Waals surface area contributed by atoms with Crippen LogP contribution in [0.3, 0.4) is 0 Å². The zero-order valence-electron chi connectivity index (χ0n) is 8.50. The number of nitrogens with zero attached hydrogens (tertiary/aromatic N) is 1. The summed E-state index contributed by atoms with van der Waals surface area (Å²) in [6.07, 6.45) is 2.08. The summed E-state index contributed by atoms with van der Waals surface area (Å²) in [7, 11) is 0. The smallest absolute Gasteiger partial charge is 0.210 e. The van der Waals surface area contributed by atoms with Crippen molar-refractivity contribution in [3.05, 3.63) is 29.0 Å². The molecule has 1 aliphatic carbocycles. The van der Waals surface area contributed by atoms with E-state index in [9.17, 15) is 4.39 Å². The summed E-state index contributed by atoms with van der Waals surface area (Å²) in [5.41, 5.74) is 2.57. The van der Waals surface area contributed by atoms with Crippen LogP contribution in [-0.2, 0) is 0 Å². The maximum absolute atomic E-state index is 13.4. The maximum atomic E-state index is 13.4. The highest BCUT2D eigenvalue weighted by molar-refractivity contribution is 6.33. The van der Waals surface area contributed by atoms with Crippen LogP contribution in [0.2, 0.25) is 5.02 Å². The van der Waals surface area contributed by atoms with Gasteiger partial charge in [-0.3, -0.25) is 5.43 Å². The first-order valence-electron chi connectivity index (χ1n) is 4.96. The lowest BCUT2D eigenvalue weighted by Crippen LogP contribution is -2.36. The monoisotopic (exact) mass is 242 g/mol. The molecule has 0 amide bonds. The van der Waals surface area contributed by atoms with Gasteiger partial charge in [0.1, 0.15) is 5.82 Å². The molecule has 6 heteroatoms. The van der Waals surface area contributed by atoms with Gasteiger partial charge in [0.15, 0.2) is 0 Å². The molecule has 0 atom stereocenters. The summed E-state index contributed by atoms with van der Waals surface area (Å²) in [4.78, 5) is 4.23. The first kappa shape index (κ1) is 11.2. The van der Waals surface area contributed by atoms with Crippen molar-refractivity contribution >= 4 is 23.2 Å². The number of benzene rings is 1. The molecule has 1 aliphatic rings. The van der Waals surface area contributed by atoms with Gasteiger partial charge in [0.05, 0.1) is 16.8 Å². The molecule has 1 fully saturated rings. The van der Waals surface area contributed by atoms with Crippen molar-refractivity contribution in [2.24, 2.45) is 10.8 Å². The molecule has 4 nitrogen and oxygen atoms in total. The van der Waals surface area contributed by atoms with E-state index in [0.29, 0.717) is 11.0 Å². The van der Waals surface area contributed by atoms with Gasteiger partial charge in [0.25, 0.3) is 0 Å². The van der Waals surface area contributed by atoms with E-state index in [1.807, 2.05) is 0 Å². The second-order valence-corrected chi connectivity index (χ2v) is 3.98. The third-order valence-corrected chi connectivity index (χ3v) is 2.52. The molecule has 0 aromatic heterocycles. The van der Waals surface area contributed by atoms with Crippen molar-refractivity contribution in [2.45, 2.75) is 18.9 Å². The zero-order chi connectivity index (χ0) is 11.5. The van der Waals surface area contributed by atoms with E-state index < -0.39 is 5.82 Å². The average molecular weight is 243 g/mol. The molecule has 0 heterocycles. The Labute approximate surface area is 97.7 Å². The van der Waals surface area contributed by atoms with Crippen molar-refractivity contribution in [3.8, 4) is 0 Å². The van der Waals surface area contributed by atoms with Gasteiger partial charge >= 0.3 is 0 Å². The second-order valence-electron chi connectivity index (χ2n) is 3.57. The molecular formula is C10H12ClFN4. The Bertz CT molecular complexity index is 397. The molecule has 0 unspecified atom stereocenters. The van der Waals surface area contributed by atoms with Gasteiger partial charge in [-0.15, -0.1) is 0 Å². The van der Waals surface area contributed by atoms with Crippen LogP contribution < -0.4 is 16.6 Å². The third-order valence-electron chi connectivity index (χ3n) is 2.20. The summed E-state index contributed by atoms with van der Waals surface area (Å²) in [6, 6.07) is 4.73. The van der Waals surface area contributed by atoms with Gasteiger partial charge in [-0.1, -0.05) is 17.7 Å². The first-order chi connectivity index (χ1) is 7.70. The fourth-order valence-corrected chi connectivity index (χ4v) is 1.44. The Hall–Kier alpha value is -1.33. The van der Waals surface area contributed by atoms with Crippen LogP contribution >= 0.6 is 11.6 Å². The number of anilines is 1. The second kappa shape index (κ2) is 4.67. The van der Waals surface area contributed by atoms with Crippen molar-refractivity contribution in [1.29, 1.82) is 0 Å². The number of guanidine groups is 1. The molecule has 0 saturated heterocycles. The minimum Gasteiger partial charge on any atom is -0.322 e. The van der Waals surface area contributed by atoms with E-state index >= 15 is 0 Å². The number of hydrogen-bond acceptors (Lipinski definition) is 2. The average Bonchev–Trinajstić information content (AvgIpc) is 3.06. The van der Waals surface area contributed by atoms with E-state index in [1.54, 1.807) is 6.07 Å². The highest BCUT2D eigenvalue weighted by Gasteiger charge is 2.21. The fraction of sp³-hybridized carbons (Fsp3) is 0.300. The minimum absolute atomic E-state index is 0.182. The van der Waals surface area contributed by atoms with E-state index in [4.69, 9.17) is 17.4 Å². The first-order valence-corrected chi connectivity index (χ1v) is 5.34. The molecule has 2 rings (SSSR count). The van der Waals surface area contributed by atoms with Gasteiger partial charge in [-0.05, 0) is 25.0 Å². The summed E-state index contributed by atoms with van der Waals surface area (Å²) in [5.74, 6) is 5.18. The Balaban J connectivity index is 2.18. The predicted octanol–water partition coefficient (Wildman–Crippen LogP) is 1.87. The molecule has 0 radical (unpaired) electrons. The largest absolute Gasteiger partial charge is 0.322 e. The summed E-state index contributed by atoms with van der Waals surface area (Å²) in [6.45, 7) is 0. The number of hydrogen-bond donors (Lipinski definition) is 3. The van der Waals surface area contributed by atoms with Gasteiger partial charge < -0.3 is 5.32 Å². The van der Waals surface area contributed by atoms with E-state index in [0.717, 1.165) is 12.8 Å². The van der Waals surface area contributed by atoms with Gasteiger partial charge in [0.2, 0.25) is 5.96 Å². The molecule has 0 aliphatic heterocycles. The summed E-state index contributed by atoms with van der Waals surface area (Å²) in [5, 5.41) is 3.03. The molecule has 1 aromatic carbocycles. The maximum Gasteiger partial charge on any atom is 0.210 e. The number of hydrazine groups is 1. The molecular weight excluding hydrogens is 231 g/mol. The van der Waals surface area contributed by atoms with E-state index in [2.05, 4.69) is 15.7 Å². The van der Waals surface area contributed by atoms with Crippen LogP contribution in [0.4, 0.5) is 10.1 Å². The number of para-hydroxylation sites is 1. The molecule has 4 N–H and O–H groups in total. The predicted molar refractivity (Wildman–Crippen MR) is 62.8 cm³/mol. The summed E-state index contributed by atoms with van der Waals surface area (Å²) < 4.78 is 13.4. The standard InChI is InChI=1S/C10H12ClFN4/c11-7-2-1-3-8(12)9(7)15-10(16-13)14-6-4-5-6/h1-3,6H,4-5,13H2,(H2,14,15,16). The Kier molecular flexibility index (Phi) is 3.26. The Morgan fingerprint density at radius 1 is 1.50 bits per heavy atom. The van der Waals surface area contributed by atoms with Gasteiger partial charge in [-0.25, -0.2) is 15.2 Å². The van der Waals surface area contributed by atoms with Crippen LogP contribution in [0.25, 0.3) is 0 Å². The lowest BCUT2D eigenvalue weighted by molar-refractivity contribution is 0.632. The quantitative estimate of drug-likeness (QED) is 0.321. The third kappa shape index (κ3) is 2.62. The zero-order valence-corrected chi connectivity index (χ0v) is 9.26. The van der Waals surface area contributed by atoms with Crippen molar-refractivity contribution in [1.82, 2.24) is 5.43 Å². The fourth-order valence-electron chi connectivity index (χ4n) is 1.23. The topological polar surface area (TPSA) is 62.4 Å². The van der Waals surface area contributed by atoms with Crippen LogP contribution in [0.1, 0.15) is 12.8 Å². The highest BCUT2D eigenvalue weighted by Crippen LogP contribution is 2.26. The molecule has 1 aromatic rings. The van der Waals surface area contributed by atoms with Crippen LogP contribution in [0, 0.1) is 5.82 Å². The Morgan fingerprint density at radius 3 is 2.81 bits per heavy atom. The number of halogens is 2. The van der Waals surface area contributed by atoms with Gasteiger partial charge in [0, 0.05) is 0 Å². The van der Waals surface area contributed by atoms with E-state index in [1.165, 1.54) is 12.1 Å². The molecule has 86 valence electrons. The molecule has 0 spiro atoms. The lowest BCUT2D eigenvalue weighted by Gasteiger charge is -2.11. The minimum atomic E-state index is -0.439. The number of nitrogens with two attached hydrogens (primary N) is 1. The number of aliphatic imine (C=N–C) groups is 1. The van der Waals surface area contributed by atoms with Crippen LogP contribution in [-0.4, -0.2) is 12.0 Å². The Morgan fingerprint density at radius 2 is 2.25 bits per heavy atom. The molecule has 0 bridgehead atoms. The summed E-state index contributed by atoms with van der Waals surface area (Å²) >= 11 is 5.86. The SMILES string of the molecule is NNC(=NC1CC1)Nc1c(F)cccc1Cl. The lowest BCUT2D eigenvalue weighted by atomic mass is 10.3. The highest BCUT2D eigenvalue weighted by atomic mass is 35.5. The van der Waals surface area contributed by atoms with Crippen molar-refractivity contribution in [3.63, 3.8) is 0 Å². The van der Waals surface area contributed by atoms with Gasteiger partial charge in [-0.2, -0.15) is 0 Å². The van der Waals surface area contributed by atoms with Crippen LogP contribution in [0.15, 0.2) is 23.2 Å². The van der Waals surface area contributed by atoms with Crippen molar-refractivity contribution < 1.29 is 4.39 Å². The molecule has 1 saturated carbocycles. The van der Waals surface area contributed by atoms with E-state index in [-0.39, 0.29) is 11.7 Å². The number of nitrogens with one attached hydrogen (secondary N) is 2. The molecule has 16 heavy (non-hydrogen) atoms. The van der Waals surface area contributed by atoms with Crippen LogP contribution in [0.5, 0.6) is 0 Å².